The van der Waals surface area contributed by atoms with E-state index in [1.807, 2.05) is 59.2 Å². The van der Waals surface area contributed by atoms with Crippen LogP contribution in [-0.4, -0.2) is 20.3 Å². The third-order valence-corrected chi connectivity index (χ3v) is 4.52. The van der Waals surface area contributed by atoms with Crippen molar-refractivity contribution in [3.8, 4) is 5.69 Å². The van der Waals surface area contributed by atoms with E-state index < -0.39 is 10.7 Å². The van der Waals surface area contributed by atoms with Crippen molar-refractivity contribution in [2.24, 2.45) is 0 Å². The van der Waals surface area contributed by atoms with Crippen molar-refractivity contribution in [2.45, 2.75) is 23.8 Å². The molecule has 0 N–H and O–H groups in total. The Kier molecular flexibility index (Phi) is 6.10. The van der Waals surface area contributed by atoms with Crippen LogP contribution in [0.5, 0.6) is 0 Å². The van der Waals surface area contributed by atoms with Gasteiger partial charge in [-0.25, -0.2) is 4.98 Å². The van der Waals surface area contributed by atoms with E-state index in [0.717, 1.165) is 16.7 Å². The zero-order valence-electron chi connectivity index (χ0n) is 13.3. The van der Waals surface area contributed by atoms with Gasteiger partial charge in [0.1, 0.15) is 0 Å². The van der Waals surface area contributed by atoms with E-state index >= 15 is 0 Å². The minimum Gasteiger partial charge on any atom is -0.549 e. The fourth-order valence-electron chi connectivity index (χ4n) is 2.17. The topological polar surface area (TPSA) is 58.0 Å². The molecule has 0 saturated carbocycles. The number of fused-ring (bicyclic) bond motifs is 1. The van der Waals surface area contributed by atoms with Crippen LogP contribution in [0, 0.1) is 0 Å². The van der Waals surface area contributed by atoms with Crippen LogP contribution in [0.15, 0.2) is 59.8 Å². The molecule has 0 radical (unpaired) electrons. The van der Waals surface area contributed by atoms with Crippen molar-refractivity contribution in [2.75, 3.05) is 0 Å². The number of aromatic nitrogens is 2. The van der Waals surface area contributed by atoms with E-state index in [0.29, 0.717) is 5.16 Å². The Labute approximate surface area is 181 Å². The number of aliphatic carboxylic acids is 1. The van der Waals surface area contributed by atoms with Crippen molar-refractivity contribution < 1.29 is 61.3 Å². The number of para-hydroxylation sites is 3. The van der Waals surface area contributed by atoms with Crippen molar-refractivity contribution in [1.29, 1.82) is 0 Å². The van der Waals surface area contributed by atoms with Crippen molar-refractivity contribution in [1.82, 2.24) is 9.55 Å². The normalized spacial score (nSPS) is 11.2. The van der Waals surface area contributed by atoms with Gasteiger partial charge < -0.3 is 9.90 Å². The maximum atomic E-state index is 11.3. The SMILES string of the molecule is CC(C)(Sc1nc2ccccc2n1-c1ccccc1)C(=O)[O-].[K+]. The minimum absolute atomic E-state index is 0. The molecule has 0 bridgehead atoms. The van der Waals surface area contributed by atoms with Crippen molar-refractivity contribution in [3.63, 3.8) is 0 Å². The maximum absolute atomic E-state index is 11.3. The third kappa shape index (κ3) is 3.89. The summed E-state index contributed by atoms with van der Waals surface area (Å²) in [6, 6.07) is 17.6. The molecule has 0 aliphatic rings. The second kappa shape index (κ2) is 7.50. The van der Waals surface area contributed by atoms with E-state index in [2.05, 4.69) is 4.98 Å². The molecule has 1 aromatic heterocycles. The molecule has 3 aromatic rings. The summed E-state index contributed by atoms with van der Waals surface area (Å²) >= 11 is 1.19. The Bertz CT molecular complexity index is 831. The van der Waals surface area contributed by atoms with E-state index in [9.17, 15) is 9.90 Å². The first kappa shape index (κ1) is 18.7. The standard InChI is InChI=1S/C17H16N2O2S.K/c1-17(2,15(20)21)22-16-18-13-10-6-7-11-14(13)19(16)12-8-4-3-5-9-12;/h3-11H,1-2H3,(H,20,21);/q;+1/p-1. The molecule has 0 aliphatic heterocycles. The molecule has 0 spiro atoms. The van der Waals surface area contributed by atoms with Crippen LogP contribution in [0.3, 0.4) is 0 Å². The van der Waals surface area contributed by atoms with E-state index in [1.165, 1.54) is 11.8 Å². The van der Waals surface area contributed by atoms with Crippen molar-refractivity contribution in [3.05, 3.63) is 54.6 Å². The number of thioether (sulfide) groups is 1. The van der Waals surface area contributed by atoms with Gasteiger partial charge in [0.2, 0.25) is 0 Å². The van der Waals surface area contributed by atoms with Gasteiger partial charge in [-0.05, 0) is 38.1 Å². The molecular weight excluding hydrogens is 335 g/mol. The maximum Gasteiger partial charge on any atom is 1.00 e. The summed E-state index contributed by atoms with van der Waals surface area (Å²) in [5.41, 5.74) is 2.74. The molecular formula is C17H15KN2O2S. The van der Waals surface area contributed by atoms with Gasteiger partial charge in [-0.3, -0.25) is 4.57 Å². The van der Waals surface area contributed by atoms with Gasteiger partial charge in [0.25, 0.3) is 0 Å². The molecule has 0 atom stereocenters. The molecule has 0 unspecified atom stereocenters. The van der Waals surface area contributed by atoms with Crippen LogP contribution in [-0.2, 0) is 4.79 Å². The van der Waals surface area contributed by atoms with Gasteiger partial charge >= 0.3 is 51.4 Å². The molecule has 0 aliphatic carbocycles. The van der Waals surface area contributed by atoms with E-state index in [1.54, 1.807) is 13.8 Å². The molecule has 6 heteroatoms. The second-order valence-corrected chi connectivity index (χ2v) is 7.04. The van der Waals surface area contributed by atoms with E-state index in [4.69, 9.17) is 0 Å². The smallest absolute Gasteiger partial charge is 0.549 e. The zero-order valence-corrected chi connectivity index (χ0v) is 17.3. The Morgan fingerprint density at radius 2 is 1.70 bits per heavy atom. The predicted molar refractivity (Wildman–Crippen MR) is 86.0 cm³/mol. The third-order valence-electron chi connectivity index (χ3n) is 3.38. The molecule has 4 nitrogen and oxygen atoms in total. The predicted octanol–water partition coefficient (Wildman–Crippen LogP) is -0.350. The fourth-order valence-corrected chi connectivity index (χ4v) is 3.15. The van der Waals surface area contributed by atoms with Crippen LogP contribution in [0.1, 0.15) is 13.8 Å². The molecule has 112 valence electrons. The molecule has 23 heavy (non-hydrogen) atoms. The quantitative estimate of drug-likeness (QED) is 0.477. The second-order valence-electron chi connectivity index (χ2n) is 5.45. The number of benzene rings is 2. The number of hydrogen-bond donors (Lipinski definition) is 0. The summed E-state index contributed by atoms with van der Waals surface area (Å²) in [6.45, 7) is 3.25. The minimum atomic E-state index is -1.11. The van der Waals surface area contributed by atoms with Gasteiger partial charge in [-0.15, -0.1) is 0 Å². The first-order valence-electron chi connectivity index (χ1n) is 6.92. The van der Waals surface area contributed by atoms with Gasteiger partial charge in [0, 0.05) is 5.69 Å². The number of carboxylic acid groups (broad SMARTS) is 1. The first-order valence-corrected chi connectivity index (χ1v) is 7.74. The number of carbonyl (C=O) groups is 1. The summed E-state index contributed by atoms with van der Waals surface area (Å²) in [4.78, 5) is 15.9. The van der Waals surface area contributed by atoms with Crippen LogP contribution < -0.4 is 56.5 Å². The largest absolute Gasteiger partial charge is 1.00 e. The van der Waals surface area contributed by atoms with Crippen LogP contribution in [0.4, 0.5) is 0 Å². The number of imidazole rings is 1. The first-order chi connectivity index (χ1) is 10.5. The number of hydrogen-bond acceptors (Lipinski definition) is 4. The molecule has 2 aromatic carbocycles. The average Bonchev–Trinajstić information content (AvgIpc) is 2.85. The molecule has 3 rings (SSSR count). The van der Waals surface area contributed by atoms with Gasteiger partial charge in [0.05, 0.1) is 21.7 Å². The summed E-state index contributed by atoms with van der Waals surface area (Å²) in [7, 11) is 0. The van der Waals surface area contributed by atoms with Crippen LogP contribution in [0.25, 0.3) is 16.7 Å². The zero-order chi connectivity index (χ0) is 15.7. The van der Waals surface area contributed by atoms with Gasteiger partial charge in [0.15, 0.2) is 5.16 Å². The van der Waals surface area contributed by atoms with E-state index in [-0.39, 0.29) is 51.4 Å². The van der Waals surface area contributed by atoms with Crippen LogP contribution >= 0.6 is 11.8 Å². The Morgan fingerprint density at radius 1 is 1.09 bits per heavy atom. The molecule has 0 fully saturated rings. The Balaban J connectivity index is 0.00000192. The monoisotopic (exact) mass is 350 g/mol. The number of nitrogens with zero attached hydrogens (tertiary/aromatic N) is 2. The molecule has 1 heterocycles. The summed E-state index contributed by atoms with van der Waals surface area (Å²) in [5, 5.41) is 12.0. The fraction of sp³-hybridized carbons (Fsp3) is 0.176. The number of carboxylic acids is 1. The summed E-state index contributed by atoms with van der Waals surface area (Å²) in [6.07, 6.45) is 0. The molecule has 0 saturated heterocycles. The van der Waals surface area contributed by atoms with Crippen molar-refractivity contribution >= 4 is 28.8 Å². The van der Waals surface area contributed by atoms with Crippen LogP contribution in [0.2, 0.25) is 0 Å². The summed E-state index contributed by atoms with van der Waals surface area (Å²) < 4.78 is 0.915. The number of rotatable bonds is 4. The van der Waals surface area contributed by atoms with Gasteiger partial charge in [-0.2, -0.15) is 0 Å². The van der Waals surface area contributed by atoms with Gasteiger partial charge in [-0.1, -0.05) is 42.1 Å². The Morgan fingerprint density at radius 3 is 2.35 bits per heavy atom. The average molecular weight is 350 g/mol. The molecule has 0 amide bonds. The number of carbonyl (C=O) groups excluding carboxylic acids is 1. The summed E-state index contributed by atoms with van der Waals surface area (Å²) in [5.74, 6) is -1.11. The Hall–Kier alpha value is -0.634.